The first kappa shape index (κ1) is 12.3. The first-order valence-corrected chi connectivity index (χ1v) is 6.01. The van der Waals surface area contributed by atoms with Gasteiger partial charge >= 0.3 is 6.55 Å². The van der Waals surface area contributed by atoms with E-state index in [1.165, 1.54) is 6.20 Å². The number of fused-ring (bicyclic) bond motifs is 3. The van der Waals surface area contributed by atoms with Crippen LogP contribution >= 0.6 is 11.6 Å². The van der Waals surface area contributed by atoms with Crippen molar-refractivity contribution >= 4 is 17.3 Å². The minimum absolute atomic E-state index is 0.198. The Bertz CT molecular complexity index is 642. The van der Waals surface area contributed by atoms with Gasteiger partial charge in [-0.25, -0.2) is 4.98 Å². The van der Waals surface area contributed by atoms with E-state index >= 15 is 0 Å². The van der Waals surface area contributed by atoms with Crippen LogP contribution in [0.3, 0.4) is 0 Å². The zero-order valence-electron chi connectivity index (χ0n) is 10.2. The molecular weight excluding hydrogens is 276 g/mol. The number of rotatable bonds is 1. The average Bonchev–Trinajstić information content (AvgIpc) is 2.80. The molecule has 0 aliphatic carbocycles. The number of aromatic nitrogens is 4. The minimum Gasteiger partial charge on any atom is -0.363 e. The zero-order valence-corrected chi connectivity index (χ0v) is 10.9. The fraction of sp³-hybridized carbons (Fsp3) is 0.364. The van der Waals surface area contributed by atoms with Gasteiger partial charge in [0.1, 0.15) is 11.4 Å². The third kappa shape index (κ3) is 1.61. The normalized spacial score (nSPS) is 17.6. The van der Waals surface area contributed by atoms with Crippen molar-refractivity contribution < 1.29 is 8.78 Å². The molecule has 100 valence electrons. The number of anilines is 1. The fourth-order valence-corrected chi connectivity index (χ4v) is 2.61. The SMILES string of the molecule is CC1c2nnn(C(F)F)c2-c2ccnc(Cl)c2N1C. The van der Waals surface area contributed by atoms with Crippen molar-refractivity contribution in [1.82, 2.24) is 20.0 Å². The van der Waals surface area contributed by atoms with E-state index in [4.69, 9.17) is 11.6 Å². The maximum absolute atomic E-state index is 13.0. The molecule has 0 spiro atoms. The van der Waals surface area contributed by atoms with Crippen molar-refractivity contribution in [2.45, 2.75) is 19.5 Å². The fourth-order valence-electron chi connectivity index (χ4n) is 2.32. The van der Waals surface area contributed by atoms with E-state index in [2.05, 4.69) is 15.3 Å². The van der Waals surface area contributed by atoms with Gasteiger partial charge in [-0.1, -0.05) is 16.8 Å². The number of nitrogens with zero attached hydrogens (tertiary/aromatic N) is 5. The third-order valence-electron chi connectivity index (χ3n) is 3.37. The number of halogens is 3. The summed E-state index contributed by atoms with van der Waals surface area (Å²) in [6.07, 6.45) is 1.48. The van der Waals surface area contributed by atoms with Crippen LogP contribution in [0.1, 0.15) is 25.2 Å². The van der Waals surface area contributed by atoms with Gasteiger partial charge in [0.25, 0.3) is 0 Å². The largest absolute Gasteiger partial charge is 0.363 e. The van der Waals surface area contributed by atoms with Crippen molar-refractivity contribution in [3.63, 3.8) is 0 Å². The van der Waals surface area contributed by atoms with Crippen LogP contribution in [0.15, 0.2) is 12.3 Å². The van der Waals surface area contributed by atoms with Gasteiger partial charge in [0.05, 0.1) is 11.7 Å². The summed E-state index contributed by atoms with van der Waals surface area (Å²) in [5.41, 5.74) is 2.01. The topological polar surface area (TPSA) is 46.8 Å². The van der Waals surface area contributed by atoms with E-state index < -0.39 is 6.55 Å². The molecule has 0 saturated carbocycles. The summed E-state index contributed by atoms with van der Waals surface area (Å²) < 4.78 is 26.6. The van der Waals surface area contributed by atoms with Crippen molar-refractivity contribution in [2.75, 3.05) is 11.9 Å². The first-order chi connectivity index (χ1) is 9.02. The van der Waals surface area contributed by atoms with Gasteiger partial charge in [0, 0.05) is 18.8 Å². The molecule has 1 atom stereocenters. The molecule has 1 aliphatic rings. The average molecular weight is 286 g/mol. The Morgan fingerprint density at radius 2 is 2.16 bits per heavy atom. The lowest BCUT2D eigenvalue weighted by atomic mass is 9.99. The van der Waals surface area contributed by atoms with E-state index in [1.807, 2.05) is 18.9 Å². The molecule has 8 heteroatoms. The maximum Gasteiger partial charge on any atom is 0.335 e. The molecular formula is C11H10ClF2N5. The Morgan fingerprint density at radius 1 is 1.42 bits per heavy atom. The van der Waals surface area contributed by atoms with Crippen LogP contribution in [0.2, 0.25) is 5.15 Å². The number of hydrogen-bond acceptors (Lipinski definition) is 4. The lowest BCUT2D eigenvalue weighted by molar-refractivity contribution is 0.0564. The van der Waals surface area contributed by atoms with E-state index in [0.29, 0.717) is 27.3 Å². The third-order valence-corrected chi connectivity index (χ3v) is 3.65. The Balaban J connectivity index is 2.34. The smallest absolute Gasteiger partial charge is 0.335 e. The highest BCUT2D eigenvalue weighted by Crippen LogP contribution is 2.45. The highest BCUT2D eigenvalue weighted by atomic mass is 35.5. The molecule has 3 heterocycles. The Kier molecular flexibility index (Phi) is 2.67. The monoisotopic (exact) mass is 285 g/mol. The van der Waals surface area contributed by atoms with Gasteiger partial charge in [-0.05, 0) is 13.0 Å². The molecule has 1 aliphatic heterocycles. The predicted octanol–water partition coefficient (Wildman–Crippen LogP) is 2.90. The van der Waals surface area contributed by atoms with Gasteiger partial charge in [-0.15, -0.1) is 5.10 Å². The van der Waals surface area contributed by atoms with Crippen LogP contribution in [-0.2, 0) is 0 Å². The molecule has 0 bridgehead atoms. The molecule has 0 aromatic carbocycles. The van der Waals surface area contributed by atoms with Gasteiger partial charge in [0.2, 0.25) is 0 Å². The lowest BCUT2D eigenvalue weighted by Crippen LogP contribution is -2.27. The lowest BCUT2D eigenvalue weighted by Gasteiger charge is -2.33. The van der Waals surface area contributed by atoms with E-state index in [9.17, 15) is 8.78 Å². The predicted molar refractivity (Wildman–Crippen MR) is 66.3 cm³/mol. The summed E-state index contributed by atoms with van der Waals surface area (Å²) in [5, 5.41) is 7.68. The van der Waals surface area contributed by atoms with E-state index in [0.717, 1.165) is 0 Å². The molecule has 0 fully saturated rings. The Morgan fingerprint density at radius 3 is 2.84 bits per heavy atom. The summed E-state index contributed by atoms with van der Waals surface area (Å²) in [6, 6.07) is 1.45. The van der Waals surface area contributed by atoms with Crippen LogP contribution in [-0.4, -0.2) is 27.0 Å². The Labute approximate surface area is 112 Å². The van der Waals surface area contributed by atoms with Crippen LogP contribution in [0, 0.1) is 0 Å². The summed E-state index contributed by atoms with van der Waals surface area (Å²) in [7, 11) is 1.82. The van der Waals surface area contributed by atoms with Gasteiger partial charge in [-0.3, -0.25) is 0 Å². The molecule has 1 unspecified atom stereocenters. The second-order valence-corrected chi connectivity index (χ2v) is 4.69. The minimum atomic E-state index is -2.74. The molecule has 3 rings (SSSR count). The van der Waals surface area contributed by atoms with Crippen LogP contribution in [0.4, 0.5) is 14.5 Å². The number of alkyl halides is 2. The molecule has 2 aromatic rings. The summed E-state index contributed by atoms with van der Waals surface area (Å²) in [6.45, 7) is -0.887. The number of pyridine rings is 1. The quantitative estimate of drug-likeness (QED) is 0.756. The van der Waals surface area contributed by atoms with Crippen molar-refractivity contribution in [3.05, 3.63) is 23.1 Å². The molecule has 0 N–H and O–H groups in total. The van der Waals surface area contributed by atoms with Gasteiger partial charge < -0.3 is 4.90 Å². The summed E-state index contributed by atoms with van der Waals surface area (Å²) >= 11 is 6.08. The van der Waals surface area contributed by atoms with Crippen LogP contribution in [0.5, 0.6) is 0 Å². The maximum atomic E-state index is 13.0. The molecule has 0 saturated heterocycles. The molecule has 0 radical (unpaired) electrons. The highest BCUT2D eigenvalue weighted by molar-refractivity contribution is 6.32. The molecule has 2 aromatic heterocycles. The van der Waals surface area contributed by atoms with Gasteiger partial charge in [0.15, 0.2) is 5.15 Å². The summed E-state index contributed by atoms with van der Waals surface area (Å²) in [5.74, 6) is 0. The van der Waals surface area contributed by atoms with Crippen molar-refractivity contribution in [1.29, 1.82) is 0 Å². The van der Waals surface area contributed by atoms with Crippen LogP contribution < -0.4 is 4.90 Å². The second kappa shape index (κ2) is 4.12. The second-order valence-electron chi connectivity index (χ2n) is 4.33. The van der Waals surface area contributed by atoms with Crippen molar-refractivity contribution in [2.24, 2.45) is 0 Å². The first-order valence-electron chi connectivity index (χ1n) is 5.63. The summed E-state index contributed by atoms with van der Waals surface area (Å²) in [4.78, 5) is 5.85. The molecule has 5 nitrogen and oxygen atoms in total. The van der Waals surface area contributed by atoms with Gasteiger partial charge in [-0.2, -0.15) is 13.5 Å². The molecule has 19 heavy (non-hydrogen) atoms. The van der Waals surface area contributed by atoms with Crippen LogP contribution in [0.25, 0.3) is 11.3 Å². The standard InChI is InChI=1S/C11H10ClF2N5/c1-5-7-8(19(11(13)14)17-16-7)6-3-4-15-10(12)9(6)18(5)2/h3-5,11H,1-2H3. The molecule has 0 amide bonds. The highest BCUT2D eigenvalue weighted by Gasteiger charge is 2.34. The van der Waals surface area contributed by atoms with E-state index in [1.54, 1.807) is 6.07 Å². The zero-order chi connectivity index (χ0) is 13.7. The van der Waals surface area contributed by atoms with Crippen molar-refractivity contribution in [3.8, 4) is 11.3 Å². The van der Waals surface area contributed by atoms with E-state index in [-0.39, 0.29) is 11.2 Å². The Hall–Kier alpha value is -1.76. The number of hydrogen-bond donors (Lipinski definition) is 0.